The molecule has 0 unspecified atom stereocenters. The number of hydrogen-bond acceptors (Lipinski definition) is 4. The Balaban J connectivity index is 1.90. The molecule has 0 aromatic heterocycles. The van der Waals surface area contributed by atoms with Gasteiger partial charge >= 0.3 is 12.2 Å². The van der Waals surface area contributed by atoms with E-state index in [1.807, 2.05) is 12.1 Å². The van der Waals surface area contributed by atoms with E-state index in [0.29, 0.717) is 11.1 Å². The highest BCUT2D eigenvalue weighted by Gasteiger charge is 2.31. The topological polar surface area (TPSA) is 97.9 Å². The van der Waals surface area contributed by atoms with Gasteiger partial charge in [0.05, 0.1) is 27.4 Å². The molecular formula is C22H11Cl2F3N4O2. The SMILES string of the molecule is N#Cc1ccc(NC(=O)Nc2cc(C(F)(F)F)ccc2Oc2ccc(Cl)cc2Cl)cc1C#N. The van der Waals surface area contributed by atoms with Crippen LogP contribution >= 0.6 is 23.2 Å². The molecule has 3 rings (SSSR count). The third-order valence-corrected chi connectivity index (χ3v) is 4.72. The Morgan fingerprint density at radius 3 is 2.21 bits per heavy atom. The molecular weight excluding hydrogens is 480 g/mol. The number of hydrogen-bond donors (Lipinski definition) is 2. The summed E-state index contributed by atoms with van der Waals surface area (Å²) in [6, 6.07) is 13.5. The Bertz CT molecular complexity index is 1310. The Morgan fingerprint density at radius 2 is 1.58 bits per heavy atom. The summed E-state index contributed by atoms with van der Waals surface area (Å²) in [6.45, 7) is 0. The monoisotopic (exact) mass is 490 g/mol. The molecule has 0 aliphatic rings. The summed E-state index contributed by atoms with van der Waals surface area (Å²) < 4.78 is 45.2. The number of nitrogens with one attached hydrogen (secondary N) is 2. The highest BCUT2D eigenvalue weighted by atomic mass is 35.5. The summed E-state index contributed by atoms with van der Waals surface area (Å²) in [7, 11) is 0. The number of benzene rings is 3. The van der Waals surface area contributed by atoms with Crippen LogP contribution in [0.3, 0.4) is 0 Å². The first kappa shape index (κ1) is 23.7. The first-order valence-corrected chi connectivity index (χ1v) is 9.72. The number of carbonyl (C=O) groups is 1. The number of alkyl halides is 3. The number of urea groups is 1. The molecule has 33 heavy (non-hydrogen) atoms. The molecule has 0 saturated carbocycles. The van der Waals surface area contributed by atoms with Crippen molar-refractivity contribution in [3.8, 4) is 23.6 Å². The first-order chi connectivity index (χ1) is 15.6. The van der Waals surface area contributed by atoms with Gasteiger partial charge in [-0.2, -0.15) is 23.7 Å². The lowest BCUT2D eigenvalue weighted by Gasteiger charge is -2.16. The Hall–Kier alpha value is -3.92. The highest BCUT2D eigenvalue weighted by molar-refractivity contribution is 6.35. The summed E-state index contributed by atoms with van der Waals surface area (Å²) in [5.74, 6) is -0.00467. The maximum atomic E-state index is 13.2. The van der Waals surface area contributed by atoms with Crippen LogP contribution in [0.5, 0.6) is 11.5 Å². The normalized spacial score (nSPS) is 10.6. The van der Waals surface area contributed by atoms with Gasteiger partial charge in [0.1, 0.15) is 17.9 Å². The van der Waals surface area contributed by atoms with Crippen LogP contribution in [0, 0.1) is 22.7 Å². The zero-order valence-electron chi connectivity index (χ0n) is 16.3. The molecule has 0 radical (unpaired) electrons. The minimum Gasteiger partial charge on any atom is -0.454 e. The van der Waals surface area contributed by atoms with Gasteiger partial charge in [-0.1, -0.05) is 23.2 Å². The van der Waals surface area contributed by atoms with E-state index in [9.17, 15) is 18.0 Å². The van der Waals surface area contributed by atoms with E-state index in [1.54, 1.807) is 0 Å². The average molecular weight is 491 g/mol. The molecule has 11 heteroatoms. The lowest BCUT2D eigenvalue weighted by atomic mass is 10.1. The van der Waals surface area contributed by atoms with E-state index in [0.717, 1.165) is 12.1 Å². The summed E-state index contributed by atoms with van der Waals surface area (Å²) in [4.78, 5) is 12.5. The van der Waals surface area contributed by atoms with Crippen molar-refractivity contribution >= 4 is 40.6 Å². The van der Waals surface area contributed by atoms with Crippen molar-refractivity contribution in [1.82, 2.24) is 0 Å². The molecule has 2 amide bonds. The van der Waals surface area contributed by atoms with Gasteiger partial charge in [-0.15, -0.1) is 0 Å². The Labute approximate surface area is 195 Å². The maximum absolute atomic E-state index is 13.2. The molecule has 0 fully saturated rings. The first-order valence-electron chi connectivity index (χ1n) is 8.97. The second kappa shape index (κ2) is 9.70. The standard InChI is InChI=1S/C22H11Cl2F3N4O2/c23-15-3-6-19(17(24)9-15)33-20-5-2-14(22(25,26)27)8-18(20)31-21(32)30-16-4-1-12(10-28)13(7-16)11-29/h1-9H,(H2,30,31,32). The number of nitriles is 2. The number of nitrogens with zero attached hydrogens (tertiary/aromatic N) is 2. The Morgan fingerprint density at radius 1 is 0.879 bits per heavy atom. The van der Waals surface area contributed by atoms with Crippen molar-refractivity contribution in [1.29, 1.82) is 10.5 Å². The number of rotatable bonds is 4. The third kappa shape index (κ3) is 5.86. The minimum absolute atomic E-state index is 0.0239. The van der Waals surface area contributed by atoms with Gasteiger partial charge < -0.3 is 15.4 Å². The van der Waals surface area contributed by atoms with Crippen molar-refractivity contribution in [2.75, 3.05) is 10.6 Å². The maximum Gasteiger partial charge on any atom is 0.416 e. The fraction of sp³-hybridized carbons (Fsp3) is 0.0455. The third-order valence-electron chi connectivity index (χ3n) is 4.19. The molecule has 6 nitrogen and oxygen atoms in total. The molecule has 166 valence electrons. The molecule has 3 aromatic rings. The summed E-state index contributed by atoms with van der Waals surface area (Å²) in [6.07, 6.45) is -4.67. The summed E-state index contributed by atoms with van der Waals surface area (Å²) >= 11 is 11.9. The van der Waals surface area contributed by atoms with Crippen molar-refractivity contribution in [3.05, 3.63) is 81.3 Å². The summed E-state index contributed by atoms with van der Waals surface area (Å²) in [5, 5.41) is 23.2. The second-order valence-electron chi connectivity index (χ2n) is 6.45. The molecule has 0 spiro atoms. The predicted molar refractivity (Wildman–Crippen MR) is 116 cm³/mol. The van der Waals surface area contributed by atoms with Crippen molar-refractivity contribution < 1.29 is 22.7 Å². The van der Waals surface area contributed by atoms with Crippen LogP contribution in [0.25, 0.3) is 0 Å². The summed E-state index contributed by atoms with van der Waals surface area (Å²) in [5.41, 5.74) is -1.02. The highest BCUT2D eigenvalue weighted by Crippen LogP contribution is 2.39. The van der Waals surface area contributed by atoms with E-state index in [2.05, 4.69) is 10.6 Å². The van der Waals surface area contributed by atoms with Crippen molar-refractivity contribution in [3.63, 3.8) is 0 Å². The molecule has 0 aliphatic heterocycles. The largest absolute Gasteiger partial charge is 0.454 e. The lowest BCUT2D eigenvalue weighted by molar-refractivity contribution is -0.137. The smallest absolute Gasteiger partial charge is 0.416 e. The van der Waals surface area contributed by atoms with Gasteiger partial charge in [0.25, 0.3) is 0 Å². The van der Waals surface area contributed by atoms with E-state index in [1.165, 1.54) is 36.4 Å². The van der Waals surface area contributed by atoms with Crippen molar-refractivity contribution in [2.24, 2.45) is 0 Å². The quantitative estimate of drug-likeness (QED) is 0.404. The number of ether oxygens (including phenoxy) is 1. The van der Waals surface area contributed by atoms with Gasteiger partial charge in [-0.3, -0.25) is 0 Å². The Kier molecular flexibility index (Phi) is 6.98. The van der Waals surface area contributed by atoms with Gasteiger partial charge in [0, 0.05) is 10.7 Å². The minimum atomic E-state index is -4.67. The molecule has 0 heterocycles. The van der Waals surface area contributed by atoms with Gasteiger partial charge in [0.15, 0.2) is 5.75 Å². The second-order valence-corrected chi connectivity index (χ2v) is 7.29. The van der Waals surface area contributed by atoms with Crippen molar-refractivity contribution in [2.45, 2.75) is 6.18 Å². The molecule has 0 aliphatic carbocycles. The van der Waals surface area contributed by atoms with E-state index in [-0.39, 0.29) is 39.0 Å². The average Bonchev–Trinajstić information content (AvgIpc) is 2.75. The van der Waals surface area contributed by atoms with Crippen LogP contribution in [0.15, 0.2) is 54.6 Å². The number of amides is 2. The number of carbonyl (C=O) groups excluding carboxylic acids is 1. The molecule has 3 aromatic carbocycles. The van der Waals surface area contributed by atoms with Gasteiger partial charge in [-0.25, -0.2) is 4.79 Å². The number of anilines is 2. The lowest BCUT2D eigenvalue weighted by Crippen LogP contribution is -2.20. The van der Waals surface area contributed by atoms with Crippen LogP contribution in [0.2, 0.25) is 10.0 Å². The molecule has 2 N–H and O–H groups in total. The fourth-order valence-corrected chi connectivity index (χ4v) is 3.11. The van der Waals surface area contributed by atoms with Gasteiger partial charge in [-0.05, 0) is 54.6 Å². The van der Waals surface area contributed by atoms with Crippen LogP contribution in [-0.2, 0) is 6.18 Å². The molecule has 0 atom stereocenters. The molecule has 0 bridgehead atoms. The zero-order valence-corrected chi connectivity index (χ0v) is 17.8. The molecule has 0 saturated heterocycles. The van der Waals surface area contributed by atoms with E-state index >= 15 is 0 Å². The fourth-order valence-electron chi connectivity index (χ4n) is 2.67. The predicted octanol–water partition coefficient (Wildman–Crippen LogP) is 7.19. The van der Waals surface area contributed by atoms with Crippen LogP contribution < -0.4 is 15.4 Å². The van der Waals surface area contributed by atoms with Crippen LogP contribution in [0.4, 0.5) is 29.3 Å². The zero-order chi connectivity index (χ0) is 24.2. The van der Waals surface area contributed by atoms with Crippen LogP contribution in [0.1, 0.15) is 16.7 Å². The van der Waals surface area contributed by atoms with Gasteiger partial charge in [0.2, 0.25) is 0 Å². The van der Waals surface area contributed by atoms with E-state index < -0.39 is 17.8 Å². The number of halogens is 5. The van der Waals surface area contributed by atoms with Crippen LogP contribution in [-0.4, -0.2) is 6.03 Å². The van der Waals surface area contributed by atoms with E-state index in [4.69, 9.17) is 38.5 Å².